The van der Waals surface area contributed by atoms with E-state index in [1.165, 1.54) is 34.8 Å². The Morgan fingerprint density at radius 1 is 1.19 bits per heavy atom. The van der Waals surface area contributed by atoms with Gasteiger partial charge in [0, 0.05) is 25.2 Å². The first-order chi connectivity index (χ1) is 14.5. The summed E-state index contributed by atoms with van der Waals surface area (Å²) in [4.78, 5) is 16.2. The molecule has 1 atom stereocenters. The summed E-state index contributed by atoms with van der Waals surface area (Å²) in [6.07, 6.45) is -3.10. The van der Waals surface area contributed by atoms with Crippen molar-refractivity contribution < 1.29 is 26.4 Å². The first-order valence-electron chi connectivity index (χ1n) is 9.54. The van der Waals surface area contributed by atoms with E-state index in [-0.39, 0.29) is 41.5 Å². The Morgan fingerprint density at radius 3 is 2.35 bits per heavy atom. The number of hydrogen-bond acceptors (Lipinski definition) is 4. The van der Waals surface area contributed by atoms with Crippen LogP contribution >= 0.6 is 11.6 Å². The molecule has 6 nitrogen and oxygen atoms in total. The van der Waals surface area contributed by atoms with Crippen LogP contribution in [0.1, 0.15) is 30.0 Å². The number of pyridine rings is 1. The number of carbonyl (C=O) groups is 1. The molecule has 1 aliphatic rings. The van der Waals surface area contributed by atoms with Gasteiger partial charge in [0.2, 0.25) is 15.9 Å². The molecule has 0 radical (unpaired) electrons. The Balaban J connectivity index is 1.68. The molecular formula is C20H21ClF3N3O3S. The van der Waals surface area contributed by atoms with Gasteiger partial charge in [-0.3, -0.25) is 4.79 Å². The maximum Gasteiger partial charge on any atom is 0.412 e. The molecule has 168 valence electrons. The number of alkyl halides is 3. The summed E-state index contributed by atoms with van der Waals surface area (Å²) in [5.74, 6) is -1.48. The molecule has 2 aromatic rings. The van der Waals surface area contributed by atoms with Crippen molar-refractivity contribution in [3.05, 3.63) is 58.9 Å². The van der Waals surface area contributed by atoms with Crippen LogP contribution in [-0.2, 0) is 14.8 Å². The number of benzene rings is 1. The number of nitrogens with one attached hydrogen (secondary N) is 1. The lowest BCUT2D eigenvalue weighted by molar-refractivity contribution is -0.165. The zero-order valence-corrected chi connectivity index (χ0v) is 18.1. The van der Waals surface area contributed by atoms with Gasteiger partial charge in [0.15, 0.2) is 6.04 Å². The van der Waals surface area contributed by atoms with Crippen LogP contribution in [0, 0.1) is 12.8 Å². The highest BCUT2D eigenvalue weighted by atomic mass is 35.5. The maximum absolute atomic E-state index is 13.6. The van der Waals surface area contributed by atoms with Crippen LogP contribution in [0.4, 0.5) is 13.2 Å². The topological polar surface area (TPSA) is 79.4 Å². The lowest BCUT2D eigenvalue weighted by Gasteiger charge is -2.32. The van der Waals surface area contributed by atoms with Gasteiger partial charge in [0.25, 0.3) is 0 Å². The van der Waals surface area contributed by atoms with Crippen molar-refractivity contribution in [1.82, 2.24) is 14.6 Å². The summed E-state index contributed by atoms with van der Waals surface area (Å²) in [7, 11) is -3.91. The zero-order chi connectivity index (χ0) is 22.8. The van der Waals surface area contributed by atoms with E-state index in [4.69, 9.17) is 11.6 Å². The largest absolute Gasteiger partial charge is 0.412 e. The van der Waals surface area contributed by atoms with E-state index in [1.54, 1.807) is 19.1 Å². The molecule has 0 aliphatic carbocycles. The Morgan fingerprint density at radius 2 is 1.81 bits per heavy atom. The van der Waals surface area contributed by atoms with Crippen LogP contribution in [0.5, 0.6) is 0 Å². The van der Waals surface area contributed by atoms with Gasteiger partial charge in [0.05, 0.1) is 0 Å². The molecule has 0 spiro atoms. The van der Waals surface area contributed by atoms with Gasteiger partial charge in [0.1, 0.15) is 10.0 Å². The van der Waals surface area contributed by atoms with Gasteiger partial charge in [-0.1, -0.05) is 41.4 Å². The summed E-state index contributed by atoms with van der Waals surface area (Å²) < 4.78 is 67.4. The van der Waals surface area contributed by atoms with Crippen LogP contribution in [0.2, 0.25) is 5.15 Å². The normalized spacial score (nSPS) is 17.3. The number of amides is 1. The highest BCUT2D eigenvalue weighted by Gasteiger charge is 2.43. The van der Waals surface area contributed by atoms with Crippen LogP contribution in [0.3, 0.4) is 0 Å². The number of halogens is 4. The van der Waals surface area contributed by atoms with E-state index in [1.807, 2.05) is 0 Å². The smallest absolute Gasteiger partial charge is 0.341 e. The fourth-order valence-corrected chi connectivity index (χ4v) is 5.33. The van der Waals surface area contributed by atoms with Gasteiger partial charge >= 0.3 is 6.18 Å². The minimum atomic E-state index is -4.66. The van der Waals surface area contributed by atoms with Crippen LogP contribution < -0.4 is 5.32 Å². The summed E-state index contributed by atoms with van der Waals surface area (Å²) >= 11 is 5.89. The van der Waals surface area contributed by atoms with E-state index < -0.39 is 34.1 Å². The minimum Gasteiger partial charge on any atom is -0.341 e. The number of sulfonamides is 1. The number of nitrogens with zero attached hydrogens (tertiary/aromatic N) is 2. The van der Waals surface area contributed by atoms with Crippen LogP contribution in [0.25, 0.3) is 0 Å². The molecule has 1 aromatic carbocycles. The second-order valence-electron chi connectivity index (χ2n) is 7.36. The Kier molecular flexibility index (Phi) is 6.92. The molecule has 1 N–H and O–H groups in total. The monoisotopic (exact) mass is 475 g/mol. The zero-order valence-electron chi connectivity index (χ0n) is 16.6. The van der Waals surface area contributed by atoms with Gasteiger partial charge in [-0.15, -0.1) is 0 Å². The standard InChI is InChI=1S/C20H21ClF3N3O3S/c1-13-4-6-14(7-5-13)17(20(22,23)24)26-19(28)15-8-11-27(12-9-15)31(29,30)16-3-2-10-25-18(16)21/h2-7,10,15,17H,8-9,11-12H2,1H3,(H,26,28)/t17-/m0/s1. The second-order valence-corrected chi connectivity index (χ2v) is 9.63. The number of piperidine rings is 1. The first kappa shape index (κ1) is 23.5. The molecule has 0 saturated carbocycles. The number of hydrogen-bond donors (Lipinski definition) is 1. The van der Waals surface area contributed by atoms with Gasteiger partial charge in [-0.25, -0.2) is 13.4 Å². The predicted molar refractivity (Wildman–Crippen MR) is 109 cm³/mol. The molecule has 0 unspecified atom stereocenters. The highest BCUT2D eigenvalue weighted by molar-refractivity contribution is 7.89. The molecule has 0 bridgehead atoms. The number of rotatable bonds is 5. The lowest BCUT2D eigenvalue weighted by atomic mass is 9.96. The number of aryl methyl sites for hydroxylation is 1. The molecule has 1 amide bonds. The summed E-state index contributed by atoms with van der Waals surface area (Å²) in [6, 6.07) is 6.42. The van der Waals surface area contributed by atoms with E-state index in [2.05, 4.69) is 10.3 Å². The van der Waals surface area contributed by atoms with E-state index in [0.717, 1.165) is 5.56 Å². The van der Waals surface area contributed by atoms with Crippen molar-refractivity contribution in [2.24, 2.45) is 5.92 Å². The maximum atomic E-state index is 13.6. The molecular weight excluding hydrogens is 455 g/mol. The van der Waals surface area contributed by atoms with Gasteiger partial charge in [-0.05, 0) is 37.5 Å². The Bertz CT molecular complexity index is 1040. The molecule has 1 saturated heterocycles. The first-order valence-corrected chi connectivity index (χ1v) is 11.4. The Hall–Kier alpha value is -2.17. The molecule has 31 heavy (non-hydrogen) atoms. The third kappa shape index (κ3) is 5.36. The third-order valence-corrected chi connectivity index (χ3v) is 7.54. The average Bonchev–Trinajstić information content (AvgIpc) is 2.72. The average molecular weight is 476 g/mol. The molecule has 11 heteroatoms. The van der Waals surface area contributed by atoms with E-state index in [9.17, 15) is 26.4 Å². The summed E-state index contributed by atoms with van der Waals surface area (Å²) in [5.41, 5.74) is 0.746. The summed E-state index contributed by atoms with van der Waals surface area (Å²) in [5, 5.41) is 1.93. The molecule has 1 aromatic heterocycles. The van der Waals surface area contributed by atoms with Gasteiger partial charge < -0.3 is 5.32 Å². The highest BCUT2D eigenvalue weighted by Crippen LogP contribution is 2.34. The quantitative estimate of drug-likeness (QED) is 0.666. The van der Waals surface area contributed by atoms with Crippen molar-refractivity contribution in [2.75, 3.05) is 13.1 Å². The molecule has 1 aliphatic heterocycles. The van der Waals surface area contributed by atoms with Crippen molar-refractivity contribution in [1.29, 1.82) is 0 Å². The Labute approximate surface area is 183 Å². The van der Waals surface area contributed by atoms with Gasteiger partial charge in [-0.2, -0.15) is 17.5 Å². The van der Waals surface area contributed by atoms with E-state index >= 15 is 0 Å². The van der Waals surface area contributed by atoms with Crippen molar-refractivity contribution in [2.45, 2.75) is 36.9 Å². The minimum absolute atomic E-state index is 0.00708. The predicted octanol–water partition coefficient (Wildman–Crippen LogP) is 3.86. The van der Waals surface area contributed by atoms with Crippen molar-refractivity contribution in [3.63, 3.8) is 0 Å². The molecule has 3 rings (SSSR count). The fourth-order valence-electron chi connectivity index (χ4n) is 3.43. The molecule has 2 heterocycles. The van der Waals surface area contributed by atoms with Crippen molar-refractivity contribution in [3.8, 4) is 0 Å². The molecule has 1 fully saturated rings. The fraction of sp³-hybridized carbons (Fsp3) is 0.400. The van der Waals surface area contributed by atoms with Crippen LogP contribution in [0.15, 0.2) is 47.5 Å². The second kappa shape index (κ2) is 9.13. The lowest BCUT2D eigenvalue weighted by Crippen LogP contribution is -2.46. The van der Waals surface area contributed by atoms with E-state index in [0.29, 0.717) is 0 Å². The summed E-state index contributed by atoms with van der Waals surface area (Å²) in [6.45, 7) is 1.74. The third-order valence-electron chi connectivity index (χ3n) is 5.19. The van der Waals surface area contributed by atoms with Crippen molar-refractivity contribution >= 4 is 27.5 Å². The van der Waals surface area contributed by atoms with Crippen LogP contribution in [-0.4, -0.2) is 42.9 Å². The SMILES string of the molecule is Cc1ccc([C@H](NC(=O)C2CCN(S(=O)(=O)c3cccnc3Cl)CC2)C(F)(F)F)cc1. The number of aromatic nitrogens is 1. The number of carbonyl (C=O) groups excluding carboxylic acids is 1.